The van der Waals surface area contributed by atoms with Gasteiger partial charge in [0, 0.05) is 19.2 Å². The Hall–Kier alpha value is -1.47. The Kier molecular flexibility index (Phi) is 4.72. The van der Waals surface area contributed by atoms with Gasteiger partial charge in [-0.2, -0.15) is 12.7 Å². The van der Waals surface area contributed by atoms with Gasteiger partial charge in [0.1, 0.15) is 5.75 Å². The van der Waals surface area contributed by atoms with Gasteiger partial charge in [0.15, 0.2) is 0 Å². The second kappa shape index (κ2) is 6.32. The zero-order chi connectivity index (χ0) is 14.6. The van der Waals surface area contributed by atoms with Gasteiger partial charge in [-0.25, -0.2) is 0 Å². The van der Waals surface area contributed by atoms with Gasteiger partial charge in [-0.05, 0) is 25.0 Å². The van der Waals surface area contributed by atoms with Crippen molar-refractivity contribution in [2.24, 2.45) is 0 Å². The SMILES string of the molecule is COc1ccc(N)c(NS(=O)(=O)N2CCCCCC2)c1. The van der Waals surface area contributed by atoms with Crippen LogP contribution in [0.4, 0.5) is 11.4 Å². The highest BCUT2D eigenvalue weighted by Gasteiger charge is 2.23. The Morgan fingerprint density at radius 3 is 2.45 bits per heavy atom. The second-order valence-electron chi connectivity index (χ2n) is 4.87. The number of rotatable bonds is 4. The molecule has 0 aromatic heterocycles. The van der Waals surface area contributed by atoms with E-state index in [-0.39, 0.29) is 0 Å². The van der Waals surface area contributed by atoms with Crippen molar-refractivity contribution in [3.8, 4) is 5.75 Å². The molecule has 20 heavy (non-hydrogen) atoms. The second-order valence-corrected chi connectivity index (χ2v) is 6.54. The summed E-state index contributed by atoms with van der Waals surface area (Å²) >= 11 is 0. The van der Waals surface area contributed by atoms with E-state index < -0.39 is 10.2 Å². The molecule has 6 nitrogen and oxygen atoms in total. The summed E-state index contributed by atoms with van der Waals surface area (Å²) in [4.78, 5) is 0. The predicted molar refractivity (Wildman–Crippen MR) is 80.0 cm³/mol. The Morgan fingerprint density at radius 1 is 1.20 bits per heavy atom. The van der Waals surface area contributed by atoms with Gasteiger partial charge in [0.05, 0.1) is 18.5 Å². The van der Waals surface area contributed by atoms with E-state index in [0.717, 1.165) is 25.7 Å². The van der Waals surface area contributed by atoms with E-state index in [1.165, 1.54) is 11.4 Å². The van der Waals surface area contributed by atoms with Crippen molar-refractivity contribution >= 4 is 21.6 Å². The normalized spacial score (nSPS) is 17.4. The number of nitrogen functional groups attached to an aromatic ring is 1. The first kappa shape index (κ1) is 14.9. The quantitative estimate of drug-likeness (QED) is 0.830. The van der Waals surface area contributed by atoms with E-state index in [4.69, 9.17) is 10.5 Å². The summed E-state index contributed by atoms with van der Waals surface area (Å²) in [5.74, 6) is 0.563. The fourth-order valence-corrected chi connectivity index (χ4v) is 3.56. The molecule has 3 N–H and O–H groups in total. The van der Waals surface area contributed by atoms with Crippen molar-refractivity contribution in [3.05, 3.63) is 18.2 Å². The third kappa shape index (κ3) is 3.55. The highest BCUT2D eigenvalue weighted by molar-refractivity contribution is 7.90. The van der Waals surface area contributed by atoms with E-state index in [2.05, 4.69) is 4.72 Å². The van der Waals surface area contributed by atoms with Gasteiger partial charge in [0.25, 0.3) is 0 Å². The number of benzene rings is 1. The molecule has 1 aliphatic rings. The third-order valence-electron chi connectivity index (χ3n) is 3.40. The molecular weight excluding hydrogens is 278 g/mol. The van der Waals surface area contributed by atoms with Crippen LogP contribution >= 0.6 is 0 Å². The van der Waals surface area contributed by atoms with Crippen LogP contribution < -0.4 is 15.2 Å². The first-order chi connectivity index (χ1) is 9.53. The van der Waals surface area contributed by atoms with Crippen molar-refractivity contribution in [3.63, 3.8) is 0 Å². The summed E-state index contributed by atoms with van der Waals surface area (Å²) in [5.41, 5.74) is 6.54. The molecule has 0 atom stereocenters. The number of hydrogen-bond donors (Lipinski definition) is 2. The molecule has 112 valence electrons. The Labute approximate surface area is 120 Å². The summed E-state index contributed by atoms with van der Waals surface area (Å²) in [7, 11) is -2.03. The topological polar surface area (TPSA) is 84.7 Å². The van der Waals surface area contributed by atoms with Gasteiger partial charge in [-0.3, -0.25) is 4.72 Å². The van der Waals surface area contributed by atoms with Crippen LogP contribution in [-0.2, 0) is 10.2 Å². The lowest BCUT2D eigenvalue weighted by atomic mass is 10.2. The number of hydrogen-bond acceptors (Lipinski definition) is 4. The zero-order valence-electron chi connectivity index (χ0n) is 11.6. The number of nitrogens with two attached hydrogens (primary N) is 1. The highest BCUT2D eigenvalue weighted by Crippen LogP contribution is 2.26. The maximum atomic E-state index is 12.4. The van der Waals surface area contributed by atoms with Crippen LogP contribution in [0, 0.1) is 0 Å². The van der Waals surface area contributed by atoms with Crippen LogP contribution in [-0.4, -0.2) is 32.9 Å². The van der Waals surface area contributed by atoms with Gasteiger partial charge >= 0.3 is 10.2 Å². The molecule has 1 fully saturated rings. The summed E-state index contributed by atoms with van der Waals surface area (Å²) in [6.45, 7) is 1.11. The first-order valence-electron chi connectivity index (χ1n) is 6.74. The lowest BCUT2D eigenvalue weighted by Gasteiger charge is -2.21. The largest absolute Gasteiger partial charge is 0.497 e. The summed E-state index contributed by atoms with van der Waals surface area (Å²) in [6.07, 6.45) is 3.95. The highest BCUT2D eigenvalue weighted by atomic mass is 32.2. The minimum absolute atomic E-state index is 0.355. The van der Waals surface area contributed by atoms with Crippen LogP contribution in [0.2, 0.25) is 0 Å². The molecular formula is C13H21N3O3S. The van der Waals surface area contributed by atoms with Crippen LogP contribution in [0.1, 0.15) is 25.7 Å². The molecule has 0 saturated carbocycles. The van der Waals surface area contributed by atoms with E-state index in [9.17, 15) is 8.42 Å². The van der Waals surface area contributed by atoms with Crippen LogP contribution in [0.15, 0.2) is 18.2 Å². The monoisotopic (exact) mass is 299 g/mol. The van der Waals surface area contributed by atoms with E-state index in [1.807, 2.05) is 0 Å². The first-order valence-corrected chi connectivity index (χ1v) is 8.18. The molecule has 0 radical (unpaired) electrons. The lowest BCUT2D eigenvalue weighted by molar-refractivity contribution is 0.415. The maximum Gasteiger partial charge on any atom is 0.301 e. The molecule has 2 rings (SSSR count). The Morgan fingerprint density at radius 2 is 1.85 bits per heavy atom. The summed E-state index contributed by atoms with van der Waals surface area (Å²) in [5, 5.41) is 0. The molecule has 0 amide bonds. The smallest absolute Gasteiger partial charge is 0.301 e. The zero-order valence-corrected chi connectivity index (χ0v) is 12.4. The molecule has 1 heterocycles. The van der Waals surface area contributed by atoms with E-state index >= 15 is 0 Å². The van der Waals surface area contributed by atoms with Gasteiger partial charge in [-0.15, -0.1) is 0 Å². The average Bonchev–Trinajstić information content (AvgIpc) is 2.70. The minimum atomic E-state index is -3.56. The van der Waals surface area contributed by atoms with E-state index in [0.29, 0.717) is 30.2 Å². The molecule has 0 spiro atoms. The molecule has 1 aliphatic heterocycles. The van der Waals surface area contributed by atoms with Gasteiger partial charge < -0.3 is 10.5 Å². The molecule has 0 aliphatic carbocycles. The van der Waals surface area contributed by atoms with Crippen molar-refractivity contribution in [1.29, 1.82) is 0 Å². The lowest BCUT2D eigenvalue weighted by Crippen LogP contribution is -2.36. The molecule has 0 bridgehead atoms. The van der Waals surface area contributed by atoms with Gasteiger partial charge in [-0.1, -0.05) is 12.8 Å². The predicted octanol–water partition coefficient (Wildman–Crippen LogP) is 1.81. The fourth-order valence-electron chi connectivity index (χ4n) is 2.24. The summed E-state index contributed by atoms with van der Waals surface area (Å²) < 4.78 is 33.9. The van der Waals surface area contributed by atoms with Crippen LogP contribution in [0.3, 0.4) is 0 Å². The van der Waals surface area contributed by atoms with Crippen molar-refractivity contribution < 1.29 is 13.2 Å². The third-order valence-corrected chi connectivity index (χ3v) is 4.93. The van der Waals surface area contributed by atoms with Gasteiger partial charge in [0.2, 0.25) is 0 Å². The van der Waals surface area contributed by atoms with Crippen molar-refractivity contribution in [2.45, 2.75) is 25.7 Å². The molecule has 1 aromatic rings. The average molecular weight is 299 g/mol. The Balaban J connectivity index is 2.18. The summed E-state index contributed by atoms with van der Waals surface area (Å²) in [6, 6.07) is 4.91. The number of ether oxygens (including phenoxy) is 1. The molecule has 1 aromatic carbocycles. The van der Waals surface area contributed by atoms with Crippen LogP contribution in [0.25, 0.3) is 0 Å². The number of methoxy groups -OCH3 is 1. The molecule has 1 saturated heterocycles. The van der Waals surface area contributed by atoms with Crippen LogP contribution in [0.5, 0.6) is 5.75 Å². The standard InChI is InChI=1S/C13H21N3O3S/c1-19-11-6-7-12(14)13(10-11)15-20(17,18)16-8-4-2-3-5-9-16/h6-7,10,15H,2-5,8-9,14H2,1H3. The van der Waals surface area contributed by atoms with Crippen molar-refractivity contribution in [1.82, 2.24) is 4.31 Å². The fraction of sp³-hybridized carbons (Fsp3) is 0.538. The van der Waals surface area contributed by atoms with E-state index in [1.54, 1.807) is 18.2 Å². The number of nitrogens with one attached hydrogen (secondary N) is 1. The Bertz CT molecular complexity index is 552. The molecule has 0 unspecified atom stereocenters. The van der Waals surface area contributed by atoms with Crippen molar-refractivity contribution in [2.75, 3.05) is 30.7 Å². The molecule has 7 heteroatoms. The number of nitrogens with zero attached hydrogens (tertiary/aromatic N) is 1. The maximum absolute atomic E-state index is 12.4. The number of anilines is 2. The minimum Gasteiger partial charge on any atom is -0.497 e.